The zero-order valence-corrected chi connectivity index (χ0v) is 14.5. The van der Waals surface area contributed by atoms with Crippen molar-refractivity contribution in [1.82, 2.24) is 5.32 Å². The molecule has 0 saturated heterocycles. The van der Waals surface area contributed by atoms with Crippen LogP contribution < -0.4 is 14.8 Å². The third-order valence-corrected chi connectivity index (χ3v) is 3.53. The molecule has 0 atom stereocenters. The monoisotopic (exact) mass is 343 g/mol. The molecule has 132 valence electrons. The van der Waals surface area contributed by atoms with E-state index in [1.807, 2.05) is 31.2 Å². The predicted octanol–water partition coefficient (Wildman–Crippen LogP) is 2.49. The van der Waals surface area contributed by atoms with Crippen LogP contribution in [0.3, 0.4) is 0 Å². The molecule has 1 amide bonds. The van der Waals surface area contributed by atoms with E-state index in [0.717, 1.165) is 11.1 Å². The second-order valence-electron chi connectivity index (χ2n) is 5.41. The van der Waals surface area contributed by atoms with Crippen molar-refractivity contribution in [3.05, 3.63) is 59.2 Å². The van der Waals surface area contributed by atoms with E-state index in [1.165, 1.54) is 20.3 Å². The highest BCUT2D eigenvalue weighted by atomic mass is 16.5. The highest BCUT2D eigenvalue weighted by Gasteiger charge is 2.13. The van der Waals surface area contributed by atoms with Gasteiger partial charge in [-0.1, -0.05) is 29.8 Å². The molecule has 0 bridgehead atoms. The summed E-state index contributed by atoms with van der Waals surface area (Å²) >= 11 is 0. The van der Waals surface area contributed by atoms with E-state index < -0.39 is 5.97 Å². The van der Waals surface area contributed by atoms with Crippen molar-refractivity contribution in [1.29, 1.82) is 0 Å². The van der Waals surface area contributed by atoms with Gasteiger partial charge < -0.3 is 19.5 Å². The standard InChI is InChI=1S/C19H21NO5/c1-13-5-4-6-14(9-13)11-20-18(21)12-25-19(22)15-7-8-16(23-2)17(10-15)24-3/h4-10H,11-12H2,1-3H3,(H,20,21). The van der Waals surface area contributed by atoms with E-state index in [2.05, 4.69) is 5.32 Å². The van der Waals surface area contributed by atoms with Crippen molar-refractivity contribution >= 4 is 11.9 Å². The molecule has 25 heavy (non-hydrogen) atoms. The first-order valence-corrected chi connectivity index (χ1v) is 7.75. The van der Waals surface area contributed by atoms with E-state index in [0.29, 0.717) is 18.0 Å². The number of ether oxygens (including phenoxy) is 3. The van der Waals surface area contributed by atoms with Gasteiger partial charge in [-0.25, -0.2) is 4.79 Å². The zero-order valence-electron chi connectivity index (χ0n) is 14.5. The summed E-state index contributed by atoms with van der Waals surface area (Å²) in [5.74, 6) is -0.0437. The van der Waals surface area contributed by atoms with Crippen molar-refractivity contribution in [2.24, 2.45) is 0 Å². The van der Waals surface area contributed by atoms with Crippen LogP contribution in [0.15, 0.2) is 42.5 Å². The summed E-state index contributed by atoms with van der Waals surface area (Å²) in [6.45, 7) is 2.02. The van der Waals surface area contributed by atoms with Gasteiger partial charge in [0.15, 0.2) is 18.1 Å². The SMILES string of the molecule is COc1ccc(C(=O)OCC(=O)NCc2cccc(C)c2)cc1OC. The van der Waals surface area contributed by atoms with Crippen LogP contribution in [0.1, 0.15) is 21.5 Å². The molecule has 2 aromatic carbocycles. The van der Waals surface area contributed by atoms with Gasteiger partial charge in [-0.3, -0.25) is 4.79 Å². The highest BCUT2D eigenvalue weighted by molar-refractivity contribution is 5.92. The van der Waals surface area contributed by atoms with Crippen LogP contribution in [-0.4, -0.2) is 32.7 Å². The van der Waals surface area contributed by atoms with Crippen molar-refractivity contribution in [2.75, 3.05) is 20.8 Å². The third kappa shape index (κ3) is 5.24. The molecule has 0 aliphatic rings. The van der Waals surface area contributed by atoms with Gasteiger partial charge in [-0.15, -0.1) is 0 Å². The fourth-order valence-corrected chi connectivity index (χ4v) is 2.25. The number of nitrogens with one attached hydrogen (secondary N) is 1. The Morgan fingerprint density at radius 2 is 1.76 bits per heavy atom. The number of esters is 1. The van der Waals surface area contributed by atoms with Crippen LogP contribution in [0.2, 0.25) is 0 Å². The summed E-state index contributed by atoms with van der Waals surface area (Å²) in [5, 5.41) is 2.71. The minimum Gasteiger partial charge on any atom is -0.493 e. The summed E-state index contributed by atoms with van der Waals surface area (Å²) < 4.78 is 15.3. The fraction of sp³-hybridized carbons (Fsp3) is 0.263. The molecule has 0 radical (unpaired) electrons. The molecule has 6 nitrogen and oxygen atoms in total. The normalized spacial score (nSPS) is 10.0. The van der Waals surface area contributed by atoms with Gasteiger partial charge in [-0.05, 0) is 30.7 Å². The molecule has 0 aliphatic heterocycles. The number of aryl methyl sites for hydroxylation is 1. The molecule has 2 rings (SSSR count). The van der Waals surface area contributed by atoms with Gasteiger partial charge in [0.2, 0.25) is 0 Å². The van der Waals surface area contributed by atoms with Crippen molar-refractivity contribution in [2.45, 2.75) is 13.5 Å². The van der Waals surface area contributed by atoms with Crippen LogP contribution in [0, 0.1) is 6.92 Å². The molecule has 0 saturated carbocycles. The fourth-order valence-electron chi connectivity index (χ4n) is 2.25. The van der Waals surface area contributed by atoms with Crippen molar-refractivity contribution < 1.29 is 23.8 Å². The Kier molecular flexibility index (Phi) is 6.39. The number of benzene rings is 2. The van der Waals surface area contributed by atoms with Crippen molar-refractivity contribution in [3.8, 4) is 11.5 Å². The zero-order chi connectivity index (χ0) is 18.2. The van der Waals surface area contributed by atoms with Gasteiger partial charge in [-0.2, -0.15) is 0 Å². The molecule has 0 unspecified atom stereocenters. The minimum atomic E-state index is -0.605. The minimum absolute atomic E-state index is 0.282. The Morgan fingerprint density at radius 1 is 1.00 bits per heavy atom. The Balaban J connectivity index is 1.85. The summed E-state index contributed by atoms with van der Waals surface area (Å²) in [4.78, 5) is 23.9. The first-order valence-electron chi connectivity index (χ1n) is 7.75. The van der Waals surface area contributed by atoms with E-state index in [4.69, 9.17) is 14.2 Å². The number of hydrogen-bond acceptors (Lipinski definition) is 5. The summed E-state index contributed by atoms with van der Waals surface area (Å²) in [5.41, 5.74) is 2.38. The molecule has 0 aromatic heterocycles. The first-order chi connectivity index (χ1) is 12.0. The maximum atomic E-state index is 12.0. The lowest BCUT2D eigenvalue weighted by atomic mass is 10.1. The molecular formula is C19H21NO5. The Hall–Kier alpha value is -3.02. The first kappa shape index (κ1) is 18.3. The topological polar surface area (TPSA) is 73.9 Å². The lowest BCUT2D eigenvalue weighted by molar-refractivity contribution is -0.124. The number of carbonyl (C=O) groups excluding carboxylic acids is 2. The van der Waals surface area contributed by atoms with E-state index in [-0.39, 0.29) is 18.1 Å². The van der Waals surface area contributed by atoms with E-state index in [9.17, 15) is 9.59 Å². The van der Waals surface area contributed by atoms with Crippen LogP contribution in [0.4, 0.5) is 0 Å². The van der Waals surface area contributed by atoms with Gasteiger partial charge in [0.05, 0.1) is 19.8 Å². The smallest absolute Gasteiger partial charge is 0.338 e. The molecule has 2 aromatic rings. The second-order valence-corrected chi connectivity index (χ2v) is 5.41. The maximum absolute atomic E-state index is 12.0. The molecule has 0 spiro atoms. The largest absolute Gasteiger partial charge is 0.493 e. The average Bonchev–Trinajstić information content (AvgIpc) is 2.63. The lowest BCUT2D eigenvalue weighted by Crippen LogP contribution is -2.28. The Bertz CT molecular complexity index is 757. The Morgan fingerprint density at radius 3 is 2.44 bits per heavy atom. The molecule has 0 fully saturated rings. The van der Waals surface area contributed by atoms with Gasteiger partial charge in [0, 0.05) is 6.54 Å². The van der Waals surface area contributed by atoms with E-state index in [1.54, 1.807) is 12.1 Å². The van der Waals surface area contributed by atoms with Gasteiger partial charge in [0.25, 0.3) is 5.91 Å². The van der Waals surface area contributed by atoms with E-state index >= 15 is 0 Å². The quantitative estimate of drug-likeness (QED) is 0.782. The summed E-state index contributed by atoms with van der Waals surface area (Å²) in [7, 11) is 2.99. The van der Waals surface area contributed by atoms with Crippen molar-refractivity contribution in [3.63, 3.8) is 0 Å². The molecule has 6 heteroatoms. The molecular weight excluding hydrogens is 322 g/mol. The highest BCUT2D eigenvalue weighted by Crippen LogP contribution is 2.27. The maximum Gasteiger partial charge on any atom is 0.338 e. The summed E-state index contributed by atoms with van der Waals surface area (Å²) in [6.07, 6.45) is 0. The number of methoxy groups -OCH3 is 2. The van der Waals surface area contributed by atoms with Crippen LogP contribution in [0.25, 0.3) is 0 Å². The van der Waals surface area contributed by atoms with Crippen LogP contribution >= 0.6 is 0 Å². The number of hydrogen-bond donors (Lipinski definition) is 1. The Labute approximate surface area is 146 Å². The predicted molar refractivity (Wildman–Crippen MR) is 92.9 cm³/mol. The summed E-state index contributed by atoms with van der Waals surface area (Å²) in [6, 6.07) is 12.5. The average molecular weight is 343 g/mol. The second kappa shape index (κ2) is 8.73. The number of rotatable bonds is 7. The van der Waals surface area contributed by atoms with Gasteiger partial charge in [0.1, 0.15) is 0 Å². The van der Waals surface area contributed by atoms with Crippen LogP contribution in [-0.2, 0) is 16.1 Å². The van der Waals surface area contributed by atoms with Gasteiger partial charge >= 0.3 is 5.97 Å². The third-order valence-electron chi connectivity index (χ3n) is 3.53. The molecule has 0 heterocycles. The van der Waals surface area contributed by atoms with Crippen LogP contribution in [0.5, 0.6) is 11.5 Å². The number of carbonyl (C=O) groups is 2. The molecule has 0 aliphatic carbocycles. The lowest BCUT2D eigenvalue weighted by Gasteiger charge is -2.10. The molecule has 1 N–H and O–H groups in total. The number of amides is 1.